The van der Waals surface area contributed by atoms with Gasteiger partial charge in [0, 0.05) is 13.5 Å². The highest BCUT2D eigenvalue weighted by Crippen LogP contribution is 2.19. The van der Waals surface area contributed by atoms with E-state index in [0.29, 0.717) is 0 Å². The van der Waals surface area contributed by atoms with Gasteiger partial charge in [-0.25, -0.2) is 12.8 Å². The number of aliphatic carboxylic acids is 1. The van der Waals surface area contributed by atoms with Gasteiger partial charge in [0.1, 0.15) is 12.4 Å². The van der Waals surface area contributed by atoms with Crippen LogP contribution in [0.1, 0.15) is 13.3 Å². The number of hydrogen-bond donors (Lipinski definition) is 1. The van der Waals surface area contributed by atoms with Crippen molar-refractivity contribution >= 4 is 21.7 Å². The van der Waals surface area contributed by atoms with Crippen molar-refractivity contribution in [3.8, 4) is 0 Å². The number of carbonyl (C=O) groups is 2. The highest BCUT2D eigenvalue weighted by molar-refractivity contribution is 7.92. The Kier molecular flexibility index (Phi) is 5.42. The number of rotatable bonds is 6. The molecule has 0 aliphatic carbocycles. The second kappa shape index (κ2) is 6.66. The molecule has 0 spiro atoms. The first kappa shape index (κ1) is 17.1. The maximum absolute atomic E-state index is 12.8. The maximum Gasteiger partial charge on any atom is 0.323 e. The van der Waals surface area contributed by atoms with Crippen molar-refractivity contribution in [2.24, 2.45) is 0 Å². The summed E-state index contributed by atoms with van der Waals surface area (Å²) in [4.78, 5) is 23.1. The Hall–Kier alpha value is -1.96. The Bertz CT molecular complexity index is 626. The normalized spacial score (nSPS) is 12.7. The molecular weight excluding hydrogens is 301 g/mol. The Labute approximate surface area is 122 Å². The van der Waals surface area contributed by atoms with E-state index >= 15 is 0 Å². The smallest absolute Gasteiger partial charge is 0.323 e. The number of likely N-dealkylation sites (N-methyl/N-ethyl adjacent to an activating group) is 1. The molecule has 1 atom stereocenters. The minimum atomic E-state index is -3.77. The van der Waals surface area contributed by atoms with Gasteiger partial charge >= 0.3 is 5.97 Å². The van der Waals surface area contributed by atoms with E-state index in [-0.39, 0.29) is 11.3 Å². The van der Waals surface area contributed by atoms with E-state index in [9.17, 15) is 22.4 Å². The molecule has 1 aromatic rings. The minimum absolute atomic E-state index is 0.0786. The fraction of sp³-hybridized carbons (Fsp3) is 0.385. The van der Waals surface area contributed by atoms with Gasteiger partial charge in [-0.1, -0.05) is 0 Å². The van der Waals surface area contributed by atoms with Gasteiger partial charge in [0.2, 0.25) is 5.91 Å². The third kappa shape index (κ3) is 4.52. The Morgan fingerprint density at radius 2 is 1.81 bits per heavy atom. The van der Waals surface area contributed by atoms with Crippen molar-refractivity contribution in [1.82, 2.24) is 4.90 Å². The van der Waals surface area contributed by atoms with Crippen molar-refractivity contribution in [3.63, 3.8) is 0 Å². The number of carboxylic acids is 1. The lowest BCUT2D eigenvalue weighted by Gasteiger charge is -2.18. The van der Waals surface area contributed by atoms with Crippen molar-refractivity contribution < 1.29 is 27.5 Å². The highest BCUT2D eigenvalue weighted by Gasteiger charge is 2.27. The molecule has 1 rings (SSSR count). The van der Waals surface area contributed by atoms with Crippen LogP contribution in [-0.4, -0.2) is 49.1 Å². The summed E-state index contributed by atoms with van der Waals surface area (Å²) in [7, 11) is -2.49. The van der Waals surface area contributed by atoms with Gasteiger partial charge in [0.15, 0.2) is 9.84 Å². The summed E-state index contributed by atoms with van der Waals surface area (Å²) < 4.78 is 37.2. The third-order valence-corrected chi connectivity index (χ3v) is 5.09. The van der Waals surface area contributed by atoms with Gasteiger partial charge in [-0.05, 0) is 31.2 Å². The summed E-state index contributed by atoms with van der Waals surface area (Å²) in [6.07, 6.45) is -0.344. The SMILES string of the molecule is CC(CC(=O)N(C)CC(=O)O)S(=O)(=O)c1ccc(F)cc1. The number of nitrogens with zero attached hydrogens (tertiary/aromatic N) is 1. The van der Waals surface area contributed by atoms with Crippen LogP contribution in [-0.2, 0) is 19.4 Å². The first-order chi connectivity index (χ1) is 9.64. The highest BCUT2D eigenvalue weighted by atomic mass is 32.2. The third-order valence-electron chi connectivity index (χ3n) is 2.93. The molecule has 0 aliphatic rings. The molecule has 0 fully saturated rings. The Morgan fingerprint density at radius 3 is 2.29 bits per heavy atom. The zero-order valence-electron chi connectivity index (χ0n) is 11.6. The molecule has 0 aliphatic heterocycles. The van der Waals surface area contributed by atoms with Crippen LogP contribution < -0.4 is 0 Å². The molecule has 0 bridgehead atoms. The average molecular weight is 317 g/mol. The molecule has 0 saturated carbocycles. The second-order valence-corrected chi connectivity index (χ2v) is 7.02. The van der Waals surface area contributed by atoms with E-state index < -0.39 is 39.3 Å². The summed E-state index contributed by atoms with van der Waals surface area (Å²) in [5.74, 6) is -2.32. The summed E-state index contributed by atoms with van der Waals surface area (Å²) in [6, 6.07) is 4.31. The van der Waals surface area contributed by atoms with E-state index in [0.717, 1.165) is 29.2 Å². The first-order valence-corrected chi connectivity index (χ1v) is 7.64. The molecule has 0 radical (unpaired) electrons. The van der Waals surface area contributed by atoms with Crippen molar-refractivity contribution in [3.05, 3.63) is 30.1 Å². The second-order valence-electron chi connectivity index (χ2n) is 4.66. The fourth-order valence-corrected chi connectivity index (χ4v) is 3.00. The lowest BCUT2D eigenvalue weighted by molar-refractivity contribution is -0.143. The summed E-state index contributed by atoms with van der Waals surface area (Å²) in [5.41, 5.74) is 0. The molecule has 0 saturated heterocycles. The molecular formula is C13H16FNO5S. The molecule has 0 heterocycles. The molecule has 8 heteroatoms. The largest absolute Gasteiger partial charge is 0.480 e. The van der Waals surface area contributed by atoms with Gasteiger partial charge in [0.25, 0.3) is 0 Å². The number of benzene rings is 1. The van der Waals surface area contributed by atoms with Crippen LogP contribution in [0.25, 0.3) is 0 Å². The zero-order chi connectivity index (χ0) is 16.2. The van der Waals surface area contributed by atoms with Gasteiger partial charge in [0.05, 0.1) is 10.1 Å². The predicted molar refractivity (Wildman–Crippen MR) is 72.9 cm³/mol. The van der Waals surface area contributed by atoms with Gasteiger partial charge in [-0.3, -0.25) is 9.59 Å². The first-order valence-electron chi connectivity index (χ1n) is 6.10. The van der Waals surface area contributed by atoms with Gasteiger partial charge in [-0.2, -0.15) is 0 Å². The van der Waals surface area contributed by atoms with Crippen LogP contribution in [0.4, 0.5) is 4.39 Å². The lowest BCUT2D eigenvalue weighted by atomic mass is 10.3. The average Bonchev–Trinajstić information content (AvgIpc) is 2.38. The van der Waals surface area contributed by atoms with Gasteiger partial charge < -0.3 is 10.0 Å². The molecule has 1 N–H and O–H groups in total. The van der Waals surface area contributed by atoms with Crippen LogP contribution in [0.3, 0.4) is 0 Å². The number of halogens is 1. The fourth-order valence-electron chi connectivity index (χ4n) is 1.66. The zero-order valence-corrected chi connectivity index (χ0v) is 12.4. The van der Waals surface area contributed by atoms with Crippen LogP contribution in [0.15, 0.2) is 29.2 Å². The molecule has 0 aromatic heterocycles. The summed E-state index contributed by atoms with van der Waals surface area (Å²) in [6.45, 7) is 0.855. The van der Waals surface area contributed by atoms with Crippen LogP contribution >= 0.6 is 0 Å². The van der Waals surface area contributed by atoms with E-state index in [4.69, 9.17) is 5.11 Å². The number of hydrogen-bond acceptors (Lipinski definition) is 4. The number of carbonyl (C=O) groups excluding carboxylic acids is 1. The van der Waals surface area contributed by atoms with Crippen LogP contribution in [0, 0.1) is 5.82 Å². The molecule has 21 heavy (non-hydrogen) atoms. The molecule has 1 amide bonds. The van der Waals surface area contributed by atoms with Crippen molar-refractivity contribution in [1.29, 1.82) is 0 Å². The van der Waals surface area contributed by atoms with Crippen molar-refractivity contribution in [2.75, 3.05) is 13.6 Å². The quantitative estimate of drug-likeness (QED) is 0.788. The lowest BCUT2D eigenvalue weighted by Crippen LogP contribution is -2.35. The van der Waals surface area contributed by atoms with E-state index in [1.54, 1.807) is 0 Å². The molecule has 6 nitrogen and oxygen atoms in total. The Balaban J connectivity index is 2.82. The standard InChI is InChI=1S/C13H16FNO5S/c1-9(7-12(16)15(2)8-13(17)18)21(19,20)11-5-3-10(14)4-6-11/h3-6,9H,7-8H2,1-2H3,(H,17,18). The summed E-state index contributed by atoms with van der Waals surface area (Å²) >= 11 is 0. The number of carboxylic acid groups (broad SMARTS) is 1. The molecule has 116 valence electrons. The maximum atomic E-state index is 12.8. The number of sulfone groups is 1. The van der Waals surface area contributed by atoms with E-state index in [1.165, 1.54) is 14.0 Å². The van der Waals surface area contributed by atoms with Crippen molar-refractivity contribution in [2.45, 2.75) is 23.5 Å². The van der Waals surface area contributed by atoms with Crippen LogP contribution in [0.5, 0.6) is 0 Å². The molecule has 1 aromatic carbocycles. The van der Waals surface area contributed by atoms with Crippen LogP contribution in [0.2, 0.25) is 0 Å². The molecule has 1 unspecified atom stereocenters. The summed E-state index contributed by atoms with van der Waals surface area (Å²) in [5, 5.41) is 7.55. The predicted octanol–water partition coefficient (Wildman–Crippen LogP) is 0.921. The topological polar surface area (TPSA) is 91.8 Å². The monoisotopic (exact) mass is 317 g/mol. The number of amides is 1. The Morgan fingerprint density at radius 1 is 1.29 bits per heavy atom. The van der Waals surface area contributed by atoms with Gasteiger partial charge in [-0.15, -0.1) is 0 Å². The van der Waals surface area contributed by atoms with E-state index in [2.05, 4.69) is 0 Å². The van der Waals surface area contributed by atoms with E-state index in [1.807, 2.05) is 0 Å². The minimum Gasteiger partial charge on any atom is -0.480 e.